The predicted octanol–water partition coefficient (Wildman–Crippen LogP) is 2.67. The summed E-state index contributed by atoms with van der Waals surface area (Å²) in [6.07, 6.45) is 3.28. The van der Waals surface area contributed by atoms with E-state index in [9.17, 15) is 14.9 Å². The number of rotatable bonds is 6. The van der Waals surface area contributed by atoms with Gasteiger partial charge in [0.05, 0.1) is 17.0 Å². The molecule has 2 heterocycles. The van der Waals surface area contributed by atoms with E-state index in [2.05, 4.69) is 31.2 Å². The van der Waals surface area contributed by atoms with Crippen molar-refractivity contribution in [1.82, 2.24) is 9.97 Å². The zero-order chi connectivity index (χ0) is 16.1. The lowest BCUT2D eigenvalue weighted by Crippen LogP contribution is -2.10. The van der Waals surface area contributed by atoms with Gasteiger partial charge in [-0.25, -0.2) is 4.98 Å². The van der Waals surface area contributed by atoms with Crippen LogP contribution in [0.5, 0.6) is 0 Å². The minimum Gasteiger partial charge on any atom is -0.466 e. The lowest BCUT2D eigenvalue weighted by atomic mass is 10.2. The Balaban J connectivity index is 2.23. The number of fused-ring (bicyclic) bond motifs is 1. The third-order valence-corrected chi connectivity index (χ3v) is 3.21. The molecule has 1 N–H and O–H groups in total. The van der Waals surface area contributed by atoms with Crippen LogP contribution >= 0.6 is 15.9 Å². The molecule has 0 bridgehead atoms. The number of hydrogen-bond acceptors (Lipinski definition) is 7. The van der Waals surface area contributed by atoms with E-state index in [-0.39, 0.29) is 18.3 Å². The first kappa shape index (κ1) is 16.1. The van der Waals surface area contributed by atoms with Crippen LogP contribution in [0, 0.1) is 10.1 Å². The second kappa shape index (κ2) is 7.12. The fourth-order valence-corrected chi connectivity index (χ4v) is 2.17. The van der Waals surface area contributed by atoms with Crippen LogP contribution in [0.1, 0.15) is 13.3 Å². The molecule has 0 saturated carbocycles. The maximum absolute atomic E-state index is 11.1. The van der Waals surface area contributed by atoms with Crippen molar-refractivity contribution in [2.24, 2.45) is 0 Å². The lowest BCUT2D eigenvalue weighted by Gasteiger charge is -2.09. The van der Waals surface area contributed by atoms with Crippen LogP contribution in [-0.4, -0.2) is 34.0 Å². The number of nitrogens with one attached hydrogen (secondary N) is 1. The topological polar surface area (TPSA) is 107 Å². The highest BCUT2D eigenvalue weighted by Gasteiger charge is 2.18. The number of halogens is 1. The molecule has 2 aromatic rings. The Bertz CT molecular complexity index is 722. The van der Waals surface area contributed by atoms with Crippen LogP contribution in [0.4, 0.5) is 11.4 Å². The third-order valence-electron chi connectivity index (χ3n) is 2.78. The van der Waals surface area contributed by atoms with Crippen LogP contribution < -0.4 is 5.32 Å². The Morgan fingerprint density at radius 2 is 2.23 bits per heavy atom. The summed E-state index contributed by atoms with van der Waals surface area (Å²) < 4.78 is 5.55. The minimum absolute atomic E-state index is 0.144. The maximum atomic E-state index is 11.1. The van der Waals surface area contributed by atoms with E-state index in [1.165, 1.54) is 13.1 Å². The van der Waals surface area contributed by atoms with Gasteiger partial charge in [0.2, 0.25) is 0 Å². The predicted molar refractivity (Wildman–Crippen MR) is 83.6 cm³/mol. The Kier molecular flexibility index (Phi) is 5.21. The average Bonchev–Trinajstić information content (AvgIpc) is 2.45. The van der Waals surface area contributed by atoms with Gasteiger partial charge in [-0.15, -0.1) is 0 Å². The van der Waals surface area contributed by atoms with Gasteiger partial charge in [0.1, 0.15) is 17.4 Å². The SMILES string of the molecule is CC(=O)OCCCNc1c([N+](=O)[O-])cnc2cc(Br)cnc12. The molecule has 116 valence electrons. The lowest BCUT2D eigenvalue weighted by molar-refractivity contribution is -0.384. The Labute approximate surface area is 134 Å². The Hall–Kier alpha value is -2.29. The van der Waals surface area contributed by atoms with E-state index in [1.54, 1.807) is 12.3 Å². The molecule has 0 aliphatic heterocycles. The van der Waals surface area contributed by atoms with E-state index < -0.39 is 4.92 Å². The van der Waals surface area contributed by atoms with E-state index in [1.807, 2.05) is 0 Å². The quantitative estimate of drug-likeness (QED) is 0.361. The highest BCUT2D eigenvalue weighted by molar-refractivity contribution is 9.10. The van der Waals surface area contributed by atoms with Crippen molar-refractivity contribution in [1.29, 1.82) is 0 Å². The summed E-state index contributed by atoms with van der Waals surface area (Å²) in [4.78, 5) is 29.5. The molecule has 0 aliphatic carbocycles. The summed E-state index contributed by atoms with van der Waals surface area (Å²) in [5, 5.41) is 14.1. The van der Waals surface area contributed by atoms with Gasteiger partial charge in [0, 0.05) is 24.1 Å². The number of pyridine rings is 2. The third kappa shape index (κ3) is 3.88. The number of carbonyl (C=O) groups excluding carboxylic acids is 1. The van der Waals surface area contributed by atoms with Gasteiger partial charge < -0.3 is 10.1 Å². The van der Waals surface area contributed by atoms with Gasteiger partial charge in [-0.05, 0) is 28.4 Å². The summed E-state index contributed by atoms with van der Waals surface area (Å²) in [5.74, 6) is -0.355. The molecule has 0 radical (unpaired) electrons. The van der Waals surface area contributed by atoms with Crippen molar-refractivity contribution in [3.63, 3.8) is 0 Å². The molecule has 0 unspecified atom stereocenters. The number of anilines is 1. The zero-order valence-corrected chi connectivity index (χ0v) is 13.3. The van der Waals surface area contributed by atoms with Crippen molar-refractivity contribution in [3.8, 4) is 0 Å². The fraction of sp³-hybridized carbons (Fsp3) is 0.308. The van der Waals surface area contributed by atoms with E-state index >= 15 is 0 Å². The average molecular weight is 369 g/mol. The molecule has 8 nitrogen and oxygen atoms in total. The first-order valence-electron chi connectivity index (χ1n) is 6.45. The fourth-order valence-electron chi connectivity index (χ4n) is 1.85. The minimum atomic E-state index is -0.509. The molecule has 0 atom stereocenters. The number of esters is 1. The van der Waals surface area contributed by atoms with Crippen molar-refractivity contribution < 1.29 is 14.5 Å². The largest absolute Gasteiger partial charge is 0.466 e. The molecule has 2 aromatic heterocycles. The van der Waals surface area contributed by atoms with Crippen LogP contribution in [0.2, 0.25) is 0 Å². The smallest absolute Gasteiger partial charge is 0.312 e. The highest BCUT2D eigenvalue weighted by atomic mass is 79.9. The second-order valence-corrected chi connectivity index (χ2v) is 5.33. The summed E-state index contributed by atoms with van der Waals surface area (Å²) in [6, 6.07) is 1.73. The second-order valence-electron chi connectivity index (χ2n) is 4.42. The van der Waals surface area contributed by atoms with Crippen molar-refractivity contribution in [2.45, 2.75) is 13.3 Å². The first-order valence-corrected chi connectivity index (χ1v) is 7.24. The number of carbonyl (C=O) groups is 1. The molecular weight excluding hydrogens is 356 g/mol. The van der Waals surface area contributed by atoms with Gasteiger partial charge in [0.25, 0.3) is 0 Å². The molecule has 0 saturated heterocycles. The van der Waals surface area contributed by atoms with Gasteiger partial charge >= 0.3 is 11.7 Å². The normalized spacial score (nSPS) is 10.5. The molecule has 0 spiro atoms. The van der Waals surface area contributed by atoms with Gasteiger partial charge in [-0.2, -0.15) is 0 Å². The summed E-state index contributed by atoms with van der Waals surface area (Å²) >= 11 is 3.29. The summed E-state index contributed by atoms with van der Waals surface area (Å²) in [6.45, 7) is 1.99. The van der Waals surface area contributed by atoms with E-state index in [4.69, 9.17) is 4.74 Å². The molecular formula is C13H13BrN4O4. The number of nitrogens with zero attached hydrogens (tertiary/aromatic N) is 3. The summed E-state index contributed by atoms with van der Waals surface area (Å²) in [7, 11) is 0. The summed E-state index contributed by atoms with van der Waals surface area (Å²) in [5.41, 5.74) is 1.13. The standard InChI is InChI=1S/C13H13BrN4O4/c1-8(19)22-4-2-3-15-13-11(18(20)21)7-16-10-5-9(14)6-17-12(10)13/h5-7H,2-4H2,1H3,(H,15,16). The Morgan fingerprint density at radius 1 is 1.45 bits per heavy atom. The van der Waals surface area contributed by atoms with Crippen molar-refractivity contribution in [3.05, 3.63) is 33.0 Å². The van der Waals surface area contributed by atoms with Crippen molar-refractivity contribution >= 4 is 44.3 Å². The maximum Gasteiger partial charge on any atom is 0.312 e. The van der Waals surface area contributed by atoms with Crippen LogP contribution in [0.15, 0.2) is 22.9 Å². The molecule has 22 heavy (non-hydrogen) atoms. The molecule has 0 aromatic carbocycles. The Morgan fingerprint density at radius 3 is 2.91 bits per heavy atom. The van der Waals surface area contributed by atoms with Crippen LogP contribution in [0.25, 0.3) is 11.0 Å². The van der Waals surface area contributed by atoms with Crippen molar-refractivity contribution in [2.75, 3.05) is 18.5 Å². The van der Waals surface area contributed by atoms with Gasteiger partial charge in [0.15, 0.2) is 0 Å². The zero-order valence-electron chi connectivity index (χ0n) is 11.7. The van der Waals surface area contributed by atoms with Gasteiger partial charge in [-0.1, -0.05) is 0 Å². The molecule has 0 amide bonds. The molecule has 0 aliphatic rings. The molecule has 2 rings (SSSR count). The molecule has 9 heteroatoms. The molecule has 0 fully saturated rings. The van der Waals surface area contributed by atoms with E-state index in [0.717, 1.165) is 4.47 Å². The first-order chi connectivity index (χ1) is 10.5. The highest BCUT2D eigenvalue weighted by Crippen LogP contribution is 2.31. The number of aromatic nitrogens is 2. The van der Waals surface area contributed by atoms with E-state index in [0.29, 0.717) is 29.7 Å². The number of ether oxygens (including phenoxy) is 1. The number of hydrogen-bond donors (Lipinski definition) is 1. The van der Waals surface area contributed by atoms with Gasteiger partial charge in [-0.3, -0.25) is 19.9 Å². The van der Waals surface area contributed by atoms with Crippen LogP contribution in [0.3, 0.4) is 0 Å². The van der Waals surface area contributed by atoms with Crippen LogP contribution in [-0.2, 0) is 9.53 Å². The monoisotopic (exact) mass is 368 g/mol. The number of nitro groups is 1.